The molecule has 0 aliphatic carbocycles. The number of nitro groups is 1. The first kappa shape index (κ1) is 22.0. The van der Waals surface area contributed by atoms with Gasteiger partial charge in [0.25, 0.3) is 5.69 Å². The Morgan fingerprint density at radius 2 is 2.03 bits per heavy atom. The minimum Gasteiger partial charge on any atom is -0.497 e. The number of nitrogens with one attached hydrogen (secondary N) is 2. The number of hydrogen-bond donors (Lipinski definition) is 2. The first-order chi connectivity index (χ1) is 14.9. The molecule has 1 aliphatic rings. The summed E-state index contributed by atoms with van der Waals surface area (Å²) < 4.78 is 5.12. The summed E-state index contributed by atoms with van der Waals surface area (Å²) in [5, 5.41) is 23.8. The second-order valence-electron chi connectivity index (χ2n) is 6.47. The van der Waals surface area contributed by atoms with E-state index in [-0.39, 0.29) is 23.7 Å². The van der Waals surface area contributed by atoms with Crippen molar-refractivity contribution < 1.29 is 19.2 Å². The highest BCUT2D eigenvalue weighted by Crippen LogP contribution is 2.24. The van der Waals surface area contributed by atoms with Crippen molar-refractivity contribution in [2.45, 2.75) is 18.6 Å². The van der Waals surface area contributed by atoms with Crippen LogP contribution in [0.15, 0.2) is 58.7 Å². The van der Waals surface area contributed by atoms with Gasteiger partial charge in [-0.1, -0.05) is 17.8 Å². The van der Waals surface area contributed by atoms with Gasteiger partial charge in [-0.3, -0.25) is 19.7 Å². The lowest BCUT2D eigenvalue weighted by Crippen LogP contribution is -2.28. The van der Waals surface area contributed by atoms with Crippen LogP contribution >= 0.6 is 11.8 Å². The van der Waals surface area contributed by atoms with E-state index in [4.69, 9.17) is 4.74 Å². The van der Waals surface area contributed by atoms with Gasteiger partial charge >= 0.3 is 0 Å². The van der Waals surface area contributed by atoms with Crippen molar-refractivity contribution in [3.63, 3.8) is 0 Å². The summed E-state index contributed by atoms with van der Waals surface area (Å²) in [7, 11) is 1.59. The minimum absolute atomic E-state index is 0.112. The van der Waals surface area contributed by atoms with Crippen molar-refractivity contribution >= 4 is 45.8 Å². The number of carbonyl (C=O) groups is 2. The topological polar surface area (TPSA) is 135 Å². The minimum atomic E-state index is -0.672. The molecule has 0 bridgehead atoms. The maximum absolute atomic E-state index is 12.3. The fourth-order valence-electron chi connectivity index (χ4n) is 2.67. The molecule has 0 spiro atoms. The molecule has 2 amide bonds. The SMILES string of the molecule is COc1ccc(/C(C)=N\N=C2/NC(=O)[C@H](CC(=O)Nc3cccc([N+](=O)[O-])c3)S2)cc1. The van der Waals surface area contributed by atoms with Crippen LogP contribution in [0.5, 0.6) is 5.75 Å². The Bertz CT molecular complexity index is 1070. The highest BCUT2D eigenvalue weighted by Gasteiger charge is 2.32. The number of nitrogens with zero attached hydrogens (tertiary/aromatic N) is 3. The van der Waals surface area contributed by atoms with Gasteiger partial charge in [0.05, 0.1) is 17.7 Å². The van der Waals surface area contributed by atoms with E-state index in [1.165, 1.54) is 24.3 Å². The van der Waals surface area contributed by atoms with Gasteiger partial charge in [-0.2, -0.15) is 5.10 Å². The van der Waals surface area contributed by atoms with E-state index >= 15 is 0 Å². The van der Waals surface area contributed by atoms with Gasteiger partial charge in [0.1, 0.15) is 11.0 Å². The Labute approximate surface area is 181 Å². The van der Waals surface area contributed by atoms with E-state index in [1.807, 2.05) is 24.3 Å². The zero-order valence-corrected chi connectivity index (χ0v) is 17.5. The van der Waals surface area contributed by atoms with Crippen molar-refractivity contribution in [2.75, 3.05) is 12.4 Å². The Balaban J connectivity index is 1.59. The van der Waals surface area contributed by atoms with E-state index < -0.39 is 16.1 Å². The number of ether oxygens (including phenoxy) is 1. The molecule has 10 nitrogen and oxygen atoms in total. The number of rotatable bonds is 7. The number of carbonyl (C=O) groups excluding carboxylic acids is 2. The van der Waals surface area contributed by atoms with E-state index in [0.717, 1.165) is 23.1 Å². The molecule has 0 aromatic heterocycles. The number of benzene rings is 2. The molecule has 0 unspecified atom stereocenters. The van der Waals surface area contributed by atoms with Gasteiger partial charge < -0.3 is 15.4 Å². The molecule has 1 fully saturated rings. The van der Waals surface area contributed by atoms with Gasteiger partial charge in [-0.05, 0) is 42.8 Å². The van der Waals surface area contributed by atoms with Crippen molar-refractivity contribution in [1.29, 1.82) is 0 Å². The number of amidine groups is 1. The standard InChI is InChI=1S/C20H19N5O5S/c1-12(13-6-8-16(30-2)9-7-13)23-24-20-22-19(27)17(31-20)11-18(26)21-14-4-3-5-15(10-14)25(28)29/h3-10,17H,11H2,1-2H3,(H,21,26)(H,22,24,27)/b23-12-/t17-/m0/s1. The van der Waals surface area contributed by atoms with Crippen LogP contribution in [0.4, 0.5) is 11.4 Å². The van der Waals surface area contributed by atoms with Gasteiger partial charge in [-0.15, -0.1) is 5.10 Å². The van der Waals surface area contributed by atoms with Crippen molar-refractivity contribution in [3.8, 4) is 5.75 Å². The first-order valence-electron chi connectivity index (χ1n) is 9.14. The molecule has 1 heterocycles. The van der Waals surface area contributed by atoms with Crippen LogP contribution in [0.2, 0.25) is 0 Å². The quantitative estimate of drug-likeness (QED) is 0.385. The van der Waals surface area contributed by atoms with Crippen LogP contribution in [0.25, 0.3) is 0 Å². The van der Waals surface area contributed by atoms with E-state index in [9.17, 15) is 19.7 Å². The van der Waals surface area contributed by atoms with Gasteiger partial charge in [0, 0.05) is 24.2 Å². The molecule has 160 valence electrons. The van der Waals surface area contributed by atoms with Crippen LogP contribution in [0.3, 0.4) is 0 Å². The van der Waals surface area contributed by atoms with Crippen LogP contribution in [0, 0.1) is 10.1 Å². The molecule has 0 radical (unpaired) electrons. The number of non-ortho nitro benzene ring substituents is 1. The summed E-state index contributed by atoms with van der Waals surface area (Å²) >= 11 is 1.10. The molecule has 0 saturated carbocycles. The predicted molar refractivity (Wildman–Crippen MR) is 119 cm³/mol. The molecule has 2 aromatic carbocycles. The second-order valence-corrected chi connectivity index (χ2v) is 7.67. The monoisotopic (exact) mass is 441 g/mol. The fraction of sp³-hybridized carbons (Fsp3) is 0.200. The molecule has 2 aromatic rings. The number of methoxy groups -OCH3 is 1. The highest BCUT2D eigenvalue weighted by atomic mass is 32.2. The molecule has 31 heavy (non-hydrogen) atoms. The van der Waals surface area contributed by atoms with Crippen LogP contribution in [0.1, 0.15) is 18.9 Å². The third-order valence-electron chi connectivity index (χ3n) is 4.29. The maximum atomic E-state index is 12.3. The van der Waals surface area contributed by atoms with E-state index in [0.29, 0.717) is 10.9 Å². The number of amides is 2. The molecular weight excluding hydrogens is 422 g/mol. The van der Waals surface area contributed by atoms with Crippen molar-refractivity contribution in [2.24, 2.45) is 10.2 Å². The molecule has 2 N–H and O–H groups in total. The number of anilines is 1. The van der Waals surface area contributed by atoms with Gasteiger partial charge in [0.15, 0.2) is 5.17 Å². The van der Waals surface area contributed by atoms with Crippen molar-refractivity contribution in [3.05, 3.63) is 64.2 Å². The smallest absolute Gasteiger partial charge is 0.271 e. The normalized spacial score (nSPS) is 17.4. The largest absolute Gasteiger partial charge is 0.497 e. The summed E-state index contributed by atoms with van der Waals surface area (Å²) in [6, 6.07) is 12.9. The first-order valence-corrected chi connectivity index (χ1v) is 10.0. The summed E-state index contributed by atoms with van der Waals surface area (Å²) in [6.07, 6.45) is -0.112. The van der Waals surface area contributed by atoms with Crippen LogP contribution < -0.4 is 15.4 Å². The lowest BCUT2D eigenvalue weighted by Gasteiger charge is -2.07. The van der Waals surface area contributed by atoms with E-state index in [1.54, 1.807) is 14.0 Å². The molecule has 11 heteroatoms. The van der Waals surface area contributed by atoms with E-state index in [2.05, 4.69) is 20.8 Å². The summed E-state index contributed by atoms with van der Waals surface area (Å²) in [6.45, 7) is 1.79. The Morgan fingerprint density at radius 1 is 1.29 bits per heavy atom. The van der Waals surface area contributed by atoms with Crippen LogP contribution in [-0.4, -0.2) is 40.0 Å². The third kappa shape index (κ3) is 5.89. The summed E-state index contributed by atoms with van der Waals surface area (Å²) in [5.74, 6) is -0.0599. The number of thioether (sulfide) groups is 1. The average Bonchev–Trinajstić information content (AvgIpc) is 3.11. The van der Waals surface area contributed by atoms with Gasteiger partial charge in [0.2, 0.25) is 11.8 Å². The zero-order valence-electron chi connectivity index (χ0n) is 16.7. The van der Waals surface area contributed by atoms with Gasteiger partial charge in [-0.25, -0.2) is 0 Å². The lowest BCUT2D eigenvalue weighted by atomic mass is 10.1. The molecule has 1 aliphatic heterocycles. The highest BCUT2D eigenvalue weighted by molar-refractivity contribution is 8.15. The molecule has 1 saturated heterocycles. The predicted octanol–water partition coefficient (Wildman–Crippen LogP) is 2.94. The number of hydrogen-bond acceptors (Lipinski definition) is 8. The van der Waals surface area contributed by atoms with Crippen LogP contribution in [-0.2, 0) is 9.59 Å². The Hall–Kier alpha value is -3.73. The lowest BCUT2D eigenvalue weighted by molar-refractivity contribution is -0.384. The molecular formula is C20H19N5O5S. The second kappa shape index (κ2) is 9.85. The average molecular weight is 441 g/mol. The Kier molecular flexibility index (Phi) is 6.98. The summed E-state index contributed by atoms with van der Waals surface area (Å²) in [4.78, 5) is 34.7. The molecule has 1 atom stereocenters. The fourth-order valence-corrected chi connectivity index (χ4v) is 3.59. The summed E-state index contributed by atoms with van der Waals surface area (Å²) in [5.41, 5.74) is 1.66. The zero-order chi connectivity index (χ0) is 22.4. The maximum Gasteiger partial charge on any atom is 0.271 e. The Morgan fingerprint density at radius 3 is 2.71 bits per heavy atom. The molecule has 3 rings (SSSR count). The number of nitro benzene ring substituents is 1. The van der Waals surface area contributed by atoms with Crippen molar-refractivity contribution in [1.82, 2.24) is 5.32 Å². The third-order valence-corrected chi connectivity index (χ3v) is 5.36.